The maximum Gasteiger partial charge on any atom is 0.358 e. The maximum absolute atomic E-state index is 11.5. The average molecular weight is 329 g/mol. The number of methoxy groups -OCH3 is 1. The Morgan fingerprint density at radius 1 is 1.43 bits per heavy atom. The summed E-state index contributed by atoms with van der Waals surface area (Å²) in [5.74, 6) is -0.565. The number of aromatic nitrogens is 3. The summed E-state index contributed by atoms with van der Waals surface area (Å²) in [7, 11) is 1.20. The molecule has 0 aromatic carbocycles. The Morgan fingerprint density at radius 3 is 2.86 bits per heavy atom. The van der Waals surface area contributed by atoms with Gasteiger partial charge >= 0.3 is 5.97 Å². The topological polar surface area (TPSA) is 97.2 Å². The van der Waals surface area contributed by atoms with Crippen molar-refractivity contribution in [2.75, 3.05) is 12.4 Å². The second kappa shape index (κ2) is 6.55. The molecule has 9 heteroatoms. The maximum atomic E-state index is 11.5. The predicted molar refractivity (Wildman–Crippen MR) is 76.6 cm³/mol. The Balaban J connectivity index is 2.26. The molecular formula is C12H10Cl2N4O3. The highest BCUT2D eigenvalue weighted by molar-refractivity contribution is 6.36. The van der Waals surface area contributed by atoms with Crippen molar-refractivity contribution in [2.24, 2.45) is 0 Å². The molecule has 0 saturated carbocycles. The number of nitrogens with one attached hydrogen (secondary N) is 1. The summed E-state index contributed by atoms with van der Waals surface area (Å²) in [6.07, 6.45) is 1.53. The van der Waals surface area contributed by atoms with Crippen molar-refractivity contribution in [2.45, 2.75) is 6.54 Å². The second-order valence-electron chi connectivity index (χ2n) is 3.82. The highest BCUT2D eigenvalue weighted by Crippen LogP contribution is 2.26. The predicted octanol–water partition coefficient (Wildman–Crippen LogP) is 2.28. The minimum atomic E-state index is -0.729. The zero-order valence-electron chi connectivity index (χ0n) is 10.8. The van der Waals surface area contributed by atoms with Crippen LogP contribution in [0.4, 0.5) is 5.82 Å². The van der Waals surface area contributed by atoms with E-state index in [2.05, 4.69) is 25.0 Å². The lowest BCUT2D eigenvalue weighted by Gasteiger charge is -2.10. The van der Waals surface area contributed by atoms with Crippen molar-refractivity contribution in [3.8, 4) is 5.75 Å². The average Bonchev–Trinajstić information content (AvgIpc) is 2.48. The first-order valence-electron chi connectivity index (χ1n) is 5.71. The van der Waals surface area contributed by atoms with Gasteiger partial charge in [-0.3, -0.25) is 4.98 Å². The summed E-state index contributed by atoms with van der Waals surface area (Å²) in [6.45, 7) is 0.139. The van der Waals surface area contributed by atoms with Gasteiger partial charge in [0, 0.05) is 6.20 Å². The third-order valence-corrected chi connectivity index (χ3v) is 3.02. The van der Waals surface area contributed by atoms with Crippen LogP contribution in [0, 0.1) is 0 Å². The van der Waals surface area contributed by atoms with Crippen molar-refractivity contribution in [3.05, 3.63) is 40.0 Å². The van der Waals surface area contributed by atoms with E-state index in [1.54, 1.807) is 6.07 Å². The molecule has 0 aliphatic heterocycles. The molecule has 2 N–H and O–H groups in total. The van der Waals surface area contributed by atoms with Gasteiger partial charge < -0.3 is 15.2 Å². The van der Waals surface area contributed by atoms with Gasteiger partial charge in [0.05, 0.1) is 13.7 Å². The Morgan fingerprint density at radius 2 is 2.19 bits per heavy atom. The minimum absolute atomic E-state index is 0.0227. The number of carbonyl (C=O) groups is 1. The van der Waals surface area contributed by atoms with Crippen molar-refractivity contribution in [1.29, 1.82) is 0 Å². The summed E-state index contributed by atoms with van der Waals surface area (Å²) in [6, 6.07) is 3.10. The van der Waals surface area contributed by atoms with Gasteiger partial charge in [-0.15, -0.1) is 0 Å². The van der Waals surface area contributed by atoms with Gasteiger partial charge in [-0.2, -0.15) is 4.98 Å². The van der Waals surface area contributed by atoms with E-state index in [-0.39, 0.29) is 34.1 Å². The first kappa shape index (κ1) is 15.3. The quantitative estimate of drug-likeness (QED) is 0.656. The van der Waals surface area contributed by atoms with Gasteiger partial charge in [0.25, 0.3) is 0 Å². The van der Waals surface area contributed by atoms with Gasteiger partial charge in [-0.05, 0) is 23.7 Å². The van der Waals surface area contributed by atoms with Crippen LogP contribution in [0.2, 0.25) is 10.3 Å². The summed E-state index contributed by atoms with van der Waals surface area (Å²) in [4.78, 5) is 23.1. The monoisotopic (exact) mass is 328 g/mol. The number of halogens is 2. The molecule has 0 spiro atoms. The van der Waals surface area contributed by atoms with Crippen molar-refractivity contribution in [1.82, 2.24) is 15.0 Å². The van der Waals surface area contributed by atoms with Crippen molar-refractivity contribution in [3.63, 3.8) is 0 Å². The van der Waals surface area contributed by atoms with Crippen LogP contribution in [0.3, 0.4) is 0 Å². The molecule has 0 unspecified atom stereocenters. The Hall–Kier alpha value is -2.12. The fraction of sp³-hybridized carbons (Fsp3) is 0.167. The Labute approximate surface area is 129 Å². The SMILES string of the molecule is COC(=O)c1nc(Cl)nc(NCc2ncccc2O)c1Cl. The molecule has 0 aliphatic carbocycles. The van der Waals surface area contributed by atoms with Crippen LogP contribution in [0.1, 0.15) is 16.2 Å². The first-order valence-corrected chi connectivity index (χ1v) is 6.46. The fourth-order valence-electron chi connectivity index (χ4n) is 1.50. The molecule has 0 bridgehead atoms. The van der Waals surface area contributed by atoms with Crippen LogP contribution in [-0.4, -0.2) is 33.1 Å². The van der Waals surface area contributed by atoms with E-state index in [0.29, 0.717) is 5.69 Å². The number of anilines is 1. The van der Waals surface area contributed by atoms with Crippen LogP contribution >= 0.6 is 23.2 Å². The molecule has 0 amide bonds. The molecule has 0 fully saturated rings. The largest absolute Gasteiger partial charge is 0.506 e. The zero-order valence-corrected chi connectivity index (χ0v) is 12.3. The molecule has 0 radical (unpaired) electrons. The van der Waals surface area contributed by atoms with Gasteiger partial charge in [-0.25, -0.2) is 9.78 Å². The summed E-state index contributed by atoms with van der Waals surface area (Å²) in [5.41, 5.74) is 0.245. The number of aromatic hydroxyl groups is 1. The third kappa shape index (κ3) is 3.50. The van der Waals surface area contributed by atoms with Crippen LogP contribution in [0.25, 0.3) is 0 Å². The van der Waals surface area contributed by atoms with Crippen LogP contribution < -0.4 is 5.32 Å². The molecule has 2 heterocycles. The summed E-state index contributed by atoms with van der Waals surface area (Å²) in [5, 5.41) is 12.3. The summed E-state index contributed by atoms with van der Waals surface area (Å²) < 4.78 is 4.56. The molecule has 7 nitrogen and oxygen atoms in total. The van der Waals surface area contributed by atoms with Crippen LogP contribution in [0.5, 0.6) is 5.75 Å². The Kier molecular flexibility index (Phi) is 4.77. The lowest BCUT2D eigenvalue weighted by molar-refractivity contribution is 0.0594. The number of carbonyl (C=O) groups excluding carboxylic acids is 1. The second-order valence-corrected chi connectivity index (χ2v) is 4.53. The van der Waals surface area contributed by atoms with Crippen molar-refractivity contribution < 1.29 is 14.6 Å². The highest BCUT2D eigenvalue weighted by atomic mass is 35.5. The van der Waals surface area contributed by atoms with Gasteiger partial charge in [0.1, 0.15) is 16.5 Å². The number of rotatable bonds is 4. The zero-order chi connectivity index (χ0) is 15.4. The third-order valence-electron chi connectivity index (χ3n) is 2.49. The van der Waals surface area contributed by atoms with E-state index in [1.807, 2.05) is 0 Å². The standard InChI is InChI=1S/C12H10Cl2N4O3/c1-21-11(20)9-8(13)10(18-12(14)17-9)16-5-6-7(19)3-2-4-15-6/h2-4,19H,5H2,1H3,(H,16,17,18). The van der Waals surface area contributed by atoms with Crippen LogP contribution in [0.15, 0.2) is 18.3 Å². The van der Waals surface area contributed by atoms with E-state index in [0.717, 1.165) is 0 Å². The highest BCUT2D eigenvalue weighted by Gasteiger charge is 2.19. The molecule has 0 saturated heterocycles. The van der Waals surface area contributed by atoms with Crippen molar-refractivity contribution >= 4 is 35.0 Å². The normalized spacial score (nSPS) is 10.2. The molecule has 110 valence electrons. The molecule has 2 aromatic heterocycles. The lowest BCUT2D eigenvalue weighted by atomic mass is 10.3. The van der Waals surface area contributed by atoms with Gasteiger partial charge in [-0.1, -0.05) is 11.6 Å². The molecule has 2 rings (SSSR count). The Bertz CT molecular complexity index is 682. The van der Waals surface area contributed by atoms with E-state index in [1.165, 1.54) is 19.4 Å². The summed E-state index contributed by atoms with van der Waals surface area (Å²) >= 11 is 11.8. The number of pyridine rings is 1. The number of esters is 1. The molecule has 2 aromatic rings. The molecule has 21 heavy (non-hydrogen) atoms. The number of ether oxygens (including phenoxy) is 1. The molecule has 0 atom stereocenters. The number of hydrogen-bond acceptors (Lipinski definition) is 7. The molecule has 0 aliphatic rings. The minimum Gasteiger partial charge on any atom is -0.506 e. The molecular weight excluding hydrogens is 319 g/mol. The van der Waals surface area contributed by atoms with E-state index in [9.17, 15) is 9.90 Å². The van der Waals surface area contributed by atoms with E-state index in [4.69, 9.17) is 23.2 Å². The van der Waals surface area contributed by atoms with Crippen LogP contribution in [-0.2, 0) is 11.3 Å². The lowest BCUT2D eigenvalue weighted by Crippen LogP contribution is -2.11. The van der Waals surface area contributed by atoms with E-state index >= 15 is 0 Å². The fourth-order valence-corrected chi connectivity index (χ4v) is 1.90. The smallest absolute Gasteiger partial charge is 0.358 e. The first-order chi connectivity index (χ1) is 10.0. The van der Waals surface area contributed by atoms with Gasteiger partial charge in [0.15, 0.2) is 11.5 Å². The number of hydrogen-bond donors (Lipinski definition) is 2. The van der Waals surface area contributed by atoms with E-state index < -0.39 is 5.97 Å². The number of nitrogens with zero attached hydrogens (tertiary/aromatic N) is 3. The van der Waals surface area contributed by atoms with Gasteiger partial charge in [0.2, 0.25) is 5.28 Å².